The highest BCUT2D eigenvalue weighted by molar-refractivity contribution is 5.86. The van der Waals surface area contributed by atoms with Crippen LogP contribution in [0.1, 0.15) is 18.1 Å². The zero-order chi connectivity index (χ0) is 15.0. The highest BCUT2D eigenvalue weighted by Crippen LogP contribution is 2.34. The van der Waals surface area contributed by atoms with Crippen molar-refractivity contribution in [3.8, 4) is 0 Å². The molecule has 0 fully saturated rings. The number of halogens is 2. The normalized spacial score (nSPS) is 14.1. The number of fused-ring (bicyclic) bond motifs is 1. The van der Waals surface area contributed by atoms with Gasteiger partial charge in [-0.15, -0.1) is 0 Å². The number of aliphatic hydroxyl groups is 1. The van der Waals surface area contributed by atoms with Gasteiger partial charge in [-0.05, 0) is 41.6 Å². The number of hydrogen-bond donors (Lipinski definition) is 1. The van der Waals surface area contributed by atoms with Crippen LogP contribution in [0.4, 0.5) is 8.78 Å². The smallest absolute Gasteiger partial charge is 0.126 e. The summed E-state index contributed by atoms with van der Waals surface area (Å²) >= 11 is 0. The molecule has 1 atom stereocenters. The Labute approximate surface area is 120 Å². The fraction of sp³-hybridized carbons (Fsp3) is 0.118. The van der Waals surface area contributed by atoms with E-state index >= 15 is 0 Å². The SMILES string of the molecule is CC(O)(c1cc(F)cc(F)c1)c1cccc2cnccc12. The average Bonchev–Trinajstić information content (AvgIpc) is 2.45. The minimum Gasteiger partial charge on any atom is -0.381 e. The summed E-state index contributed by atoms with van der Waals surface area (Å²) in [5, 5.41) is 12.5. The first-order valence-corrected chi connectivity index (χ1v) is 6.50. The lowest BCUT2D eigenvalue weighted by atomic mass is 9.85. The highest BCUT2D eigenvalue weighted by Gasteiger charge is 2.28. The molecule has 3 aromatic rings. The van der Waals surface area contributed by atoms with Crippen LogP contribution < -0.4 is 0 Å². The number of hydrogen-bond acceptors (Lipinski definition) is 2. The maximum atomic E-state index is 13.4. The summed E-state index contributed by atoms with van der Waals surface area (Å²) in [5.41, 5.74) is -0.763. The summed E-state index contributed by atoms with van der Waals surface area (Å²) in [7, 11) is 0. The number of aromatic nitrogens is 1. The van der Waals surface area contributed by atoms with Gasteiger partial charge >= 0.3 is 0 Å². The van der Waals surface area contributed by atoms with E-state index < -0.39 is 17.2 Å². The second kappa shape index (κ2) is 4.90. The Kier molecular flexibility index (Phi) is 3.18. The number of nitrogens with zero attached hydrogens (tertiary/aromatic N) is 1. The van der Waals surface area contributed by atoms with E-state index in [1.807, 2.05) is 6.07 Å². The molecule has 4 heteroatoms. The molecule has 0 saturated carbocycles. The highest BCUT2D eigenvalue weighted by atomic mass is 19.1. The third-order valence-electron chi connectivity index (χ3n) is 3.63. The standard InChI is InChI=1S/C17H13F2NO/c1-17(21,12-7-13(18)9-14(19)8-12)16-4-2-3-11-10-20-6-5-15(11)16/h2-10,21H,1H3. The lowest BCUT2D eigenvalue weighted by molar-refractivity contribution is 0.103. The monoisotopic (exact) mass is 285 g/mol. The molecule has 0 radical (unpaired) electrons. The van der Waals surface area contributed by atoms with E-state index in [1.54, 1.807) is 30.6 Å². The second-order valence-corrected chi connectivity index (χ2v) is 5.13. The molecular formula is C17H13F2NO. The van der Waals surface area contributed by atoms with Crippen molar-refractivity contribution in [3.05, 3.63) is 77.6 Å². The first-order valence-electron chi connectivity index (χ1n) is 6.50. The molecule has 0 spiro atoms. The fourth-order valence-corrected chi connectivity index (χ4v) is 2.54. The van der Waals surface area contributed by atoms with E-state index in [0.717, 1.165) is 29.0 Å². The Balaban J connectivity index is 2.24. The molecule has 106 valence electrons. The topological polar surface area (TPSA) is 33.1 Å². The molecule has 2 aromatic carbocycles. The van der Waals surface area contributed by atoms with Gasteiger partial charge in [-0.2, -0.15) is 0 Å². The van der Waals surface area contributed by atoms with E-state index in [9.17, 15) is 13.9 Å². The Morgan fingerprint density at radius 2 is 1.76 bits per heavy atom. The minimum absolute atomic E-state index is 0.171. The third-order valence-corrected chi connectivity index (χ3v) is 3.63. The van der Waals surface area contributed by atoms with Crippen molar-refractivity contribution >= 4 is 10.8 Å². The van der Waals surface area contributed by atoms with Gasteiger partial charge < -0.3 is 5.11 Å². The van der Waals surface area contributed by atoms with Crippen molar-refractivity contribution in [1.29, 1.82) is 0 Å². The molecule has 1 heterocycles. The molecule has 0 amide bonds. The molecule has 1 N–H and O–H groups in total. The summed E-state index contributed by atoms with van der Waals surface area (Å²) in [6.07, 6.45) is 3.30. The van der Waals surface area contributed by atoms with Crippen LogP contribution >= 0.6 is 0 Å². The largest absolute Gasteiger partial charge is 0.381 e. The molecule has 21 heavy (non-hydrogen) atoms. The molecule has 0 aliphatic rings. The summed E-state index contributed by atoms with van der Waals surface area (Å²) in [4.78, 5) is 4.04. The lowest BCUT2D eigenvalue weighted by Crippen LogP contribution is -2.23. The van der Waals surface area contributed by atoms with Gasteiger partial charge in [-0.25, -0.2) is 8.78 Å². The molecule has 2 nitrogen and oxygen atoms in total. The zero-order valence-electron chi connectivity index (χ0n) is 11.3. The molecule has 1 aromatic heterocycles. The lowest BCUT2D eigenvalue weighted by Gasteiger charge is -2.26. The van der Waals surface area contributed by atoms with Crippen molar-refractivity contribution in [3.63, 3.8) is 0 Å². The summed E-state index contributed by atoms with van der Waals surface area (Å²) in [6, 6.07) is 10.2. The summed E-state index contributed by atoms with van der Waals surface area (Å²) in [6.45, 7) is 1.52. The third kappa shape index (κ3) is 2.38. The maximum Gasteiger partial charge on any atom is 0.126 e. The van der Waals surface area contributed by atoms with Crippen molar-refractivity contribution in [2.24, 2.45) is 0 Å². The van der Waals surface area contributed by atoms with E-state index in [2.05, 4.69) is 4.98 Å². The van der Waals surface area contributed by atoms with Crippen LogP contribution in [0.15, 0.2) is 54.9 Å². The van der Waals surface area contributed by atoms with Gasteiger partial charge in [0.1, 0.15) is 17.2 Å². The molecule has 0 saturated heterocycles. The van der Waals surface area contributed by atoms with Crippen molar-refractivity contribution in [1.82, 2.24) is 4.98 Å². The second-order valence-electron chi connectivity index (χ2n) is 5.13. The predicted octanol–water partition coefficient (Wildman–Crippen LogP) is 3.77. The predicted molar refractivity (Wildman–Crippen MR) is 76.8 cm³/mol. The van der Waals surface area contributed by atoms with Gasteiger partial charge in [0.05, 0.1) is 0 Å². The first kappa shape index (κ1) is 13.6. The number of rotatable bonds is 2. The number of benzene rings is 2. The van der Waals surface area contributed by atoms with Crippen LogP contribution in [0.2, 0.25) is 0 Å². The van der Waals surface area contributed by atoms with Crippen molar-refractivity contribution in [2.75, 3.05) is 0 Å². The quantitative estimate of drug-likeness (QED) is 0.777. The Morgan fingerprint density at radius 3 is 2.48 bits per heavy atom. The van der Waals surface area contributed by atoms with Gasteiger partial charge in [0, 0.05) is 23.8 Å². The summed E-state index contributed by atoms with van der Waals surface area (Å²) < 4.78 is 26.9. The van der Waals surface area contributed by atoms with E-state index in [4.69, 9.17) is 0 Å². The van der Waals surface area contributed by atoms with Gasteiger partial charge in [0.15, 0.2) is 0 Å². The molecule has 1 unspecified atom stereocenters. The average molecular weight is 285 g/mol. The van der Waals surface area contributed by atoms with Crippen LogP contribution in [0, 0.1) is 11.6 Å². The Hall–Kier alpha value is -2.33. The molecule has 0 aliphatic carbocycles. The van der Waals surface area contributed by atoms with Crippen LogP contribution in [0.3, 0.4) is 0 Å². The van der Waals surface area contributed by atoms with Crippen LogP contribution in [0.25, 0.3) is 10.8 Å². The molecular weight excluding hydrogens is 272 g/mol. The van der Waals surface area contributed by atoms with Gasteiger partial charge in [0.25, 0.3) is 0 Å². The van der Waals surface area contributed by atoms with Crippen molar-refractivity contribution in [2.45, 2.75) is 12.5 Å². The molecule has 0 bridgehead atoms. The molecule has 0 aliphatic heterocycles. The minimum atomic E-state index is -1.51. The zero-order valence-corrected chi connectivity index (χ0v) is 11.3. The molecule has 3 rings (SSSR count). The van der Waals surface area contributed by atoms with Gasteiger partial charge in [-0.1, -0.05) is 18.2 Å². The van der Waals surface area contributed by atoms with Crippen molar-refractivity contribution < 1.29 is 13.9 Å². The first-order chi connectivity index (χ1) is 9.98. The van der Waals surface area contributed by atoms with E-state index in [-0.39, 0.29) is 5.56 Å². The Bertz CT molecular complexity index is 789. The number of pyridine rings is 1. The van der Waals surface area contributed by atoms with Gasteiger partial charge in [-0.3, -0.25) is 4.98 Å². The van der Waals surface area contributed by atoms with Crippen LogP contribution in [0.5, 0.6) is 0 Å². The van der Waals surface area contributed by atoms with Crippen LogP contribution in [-0.4, -0.2) is 10.1 Å². The summed E-state index contributed by atoms with van der Waals surface area (Å²) in [5.74, 6) is -1.43. The van der Waals surface area contributed by atoms with E-state index in [1.165, 1.54) is 6.92 Å². The maximum absolute atomic E-state index is 13.4. The fourth-order valence-electron chi connectivity index (χ4n) is 2.54. The Morgan fingerprint density at radius 1 is 1.05 bits per heavy atom. The van der Waals surface area contributed by atoms with E-state index in [0.29, 0.717) is 5.56 Å². The van der Waals surface area contributed by atoms with Crippen LogP contribution in [-0.2, 0) is 5.60 Å². The van der Waals surface area contributed by atoms with Gasteiger partial charge in [0.2, 0.25) is 0 Å².